The average molecular weight is 167 g/mol. The zero-order chi connectivity index (χ0) is 9.14. The van der Waals surface area contributed by atoms with Gasteiger partial charge in [-0.2, -0.15) is 0 Å². The molecule has 0 saturated heterocycles. The van der Waals surface area contributed by atoms with Crippen molar-refractivity contribution in [2.24, 2.45) is 5.84 Å². The molecule has 0 bridgehead atoms. The van der Waals surface area contributed by atoms with Gasteiger partial charge in [0.05, 0.1) is 11.3 Å². The molecule has 0 spiro atoms. The van der Waals surface area contributed by atoms with Crippen molar-refractivity contribution in [1.82, 2.24) is 0 Å². The number of hydrogen-bond donors (Lipinski definition) is 4. The highest BCUT2D eigenvalue weighted by Gasteiger charge is 2.08. The molecule has 0 radical (unpaired) electrons. The Bertz CT molecular complexity index is 312. The molecular formula is C7H9N3O2. The largest absolute Gasteiger partial charge is 0.478 e. The minimum atomic E-state index is -1.06. The summed E-state index contributed by atoms with van der Waals surface area (Å²) >= 11 is 0. The second-order valence-corrected chi connectivity index (χ2v) is 2.25. The summed E-state index contributed by atoms with van der Waals surface area (Å²) in [6.07, 6.45) is 0. The Morgan fingerprint density at radius 3 is 2.67 bits per heavy atom. The van der Waals surface area contributed by atoms with E-state index in [4.69, 9.17) is 16.7 Å². The molecule has 64 valence electrons. The van der Waals surface area contributed by atoms with Crippen LogP contribution in [0.4, 0.5) is 11.4 Å². The molecule has 12 heavy (non-hydrogen) atoms. The Labute approximate surface area is 69.0 Å². The van der Waals surface area contributed by atoms with E-state index < -0.39 is 5.97 Å². The highest BCUT2D eigenvalue weighted by molar-refractivity contribution is 5.95. The molecule has 0 aliphatic rings. The number of carboxylic acid groups (broad SMARTS) is 1. The zero-order valence-electron chi connectivity index (χ0n) is 6.24. The number of anilines is 2. The Hall–Kier alpha value is -1.75. The Morgan fingerprint density at radius 1 is 1.50 bits per heavy atom. The molecule has 1 rings (SSSR count). The molecule has 0 heterocycles. The first kappa shape index (κ1) is 8.35. The lowest BCUT2D eigenvalue weighted by Crippen LogP contribution is -2.12. The second-order valence-electron chi connectivity index (χ2n) is 2.25. The average Bonchev–Trinajstić information content (AvgIpc) is 2.04. The van der Waals surface area contributed by atoms with Crippen molar-refractivity contribution in [2.45, 2.75) is 0 Å². The van der Waals surface area contributed by atoms with E-state index >= 15 is 0 Å². The molecule has 5 nitrogen and oxygen atoms in total. The van der Waals surface area contributed by atoms with Crippen molar-refractivity contribution < 1.29 is 9.90 Å². The molecular weight excluding hydrogens is 158 g/mol. The van der Waals surface area contributed by atoms with Gasteiger partial charge in [0.1, 0.15) is 0 Å². The first-order valence-electron chi connectivity index (χ1n) is 3.24. The van der Waals surface area contributed by atoms with Crippen LogP contribution in [0.3, 0.4) is 0 Å². The fraction of sp³-hybridized carbons (Fsp3) is 0. The summed E-state index contributed by atoms with van der Waals surface area (Å²) in [6, 6.07) is 4.43. The van der Waals surface area contributed by atoms with Crippen LogP contribution in [0, 0.1) is 0 Å². The summed E-state index contributed by atoms with van der Waals surface area (Å²) in [5, 5.41) is 8.67. The summed E-state index contributed by atoms with van der Waals surface area (Å²) in [7, 11) is 0. The normalized spacial score (nSPS) is 9.42. The number of hydrogen-bond acceptors (Lipinski definition) is 4. The third-order valence-electron chi connectivity index (χ3n) is 1.43. The molecule has 0 aromatic heterocycles. The van der Waals surface area contributed by atoms with E-state index in [1.807, 2.05) is 0 Å². The standard InChI is InChI=1S/C7H9N3O2/c8-4-1-2-6(10-9)5(3-4)7(11)12/h1-3,10H,8-9H2,(H,11,12). The third-order valence-corrected chi connectivity index (χ3v) is 1.43. The van der Waals surface area contributed by atoms with Gasteiger partial charge in [0.25, 0.3) is 0 Å². The highest BCUT2D eigenvalue weighted by Crippen LogP contribution is 2.17. The first-order valence-corrected chi connectivity index (χ1v) is 3.24. The minimum absolute atomic E-state index is 0.0671. The van der Waals surface area contributed by atoms with Gasteiger partial charge in [0, 0.05) is 5.69 Å². The molecule has 5 heteroatoms. The summed E-state index contributed by atoms with van der Waals surface area (Å²) in [6.45, 7) is 0. The van der Waals surface area contributed by atoms with Crippen molar-refractivity contribution in [2.75, 3.05) is 11.2 Å². The van der Waals surface area contributed by atoms with Gasteiger partial charge >= 0.3 is 5.97 Å². The number of carboxylic acids is 1. The van der Waals surface area contributed by atoms with Crippen molar-refractivity contribution in [3.63, 3.8) is 0 Å². The maximum atomic E-state index is 10.6. The quantitative estimate of drug-likeness (QED) is 0.287. The minimum Gasteiger partial charge on any atom is -0.478 e. The number of rotatable bonds is 2. The maximum absolute atomic E-state index is 10.6. The van der Waals surface area contributed by atoms with E-state index in [1.54, 1.807) is 6.07 Å². The lowest BCUT2D eigenvalue weighted by molar-refractivity contribution is 0.0698. The van der Waals surface area contributed by atoms with E-state index in [-0.39, 0.29) is 5.56 Å². The van der Waals surface area contributed by atoms with Gasteiger partial charge < -0.3 is 16.3 Å². The van der Waals surface area contributed by atoms with Crippen LogP contribution in [0.5, 0.6) is 0 Å². The number of aromatic carboxylic acids is 1. The lowest BCUT2D eigenvalue weighted by Gasteiger charge is -2.04. The number of nitrogen functional groups attached to an aromatic ring is 2. The Kier molecular flexibility index (Phi) is 2.16. The van der Waals surface area contributed by atoms with E-state index in [2.05, 4.69) is 5.43 Å². The molecule has 1 aromatic carbocycles. The monoisotopic (exact) mass is 167 g/mol. The van der Waals surface area contributed by atoms with Gasteiger partial charge in [-0.05, 0) is 18.2 Å². The highest BCUT2D eigenvalue weighted by atomic mass is 16.4. The number of nitrogens with two attached hydrogens (primary N) is 2. The fourth-order valence-electron chi connectivity index (χ4n) is 0.865. The third kappa shape index (κ3) is 1.46. The van der Waals surface area contributed by atoms with Crippen LogP contribution in [-0.2, 0) is 0 Å². The molecule has 1 aromatic rings. The zero-order valence-corrected chi connectivity index (χ0v) is 6.24. The SMILES string of the molecule is NNc1ccc(N)cc1C(=O)O. The number of nitrogens with one attached hydrogen (secondary N) is 1. The van der Waals surface area contributed by atoms with Crippen molar-refractivity contribution in [3.05, 3.63) is 23.8 Å². The summed E-state index contributed by atoms with van der Waals surface area (Å²) in [4.78, 5) is 10.6. The van der Waals surface area contributed by atoms with E-state index in [9.17, 15) is 4.79 Å². The van der Waals surface area contributed by atoms with Gasteiger partial charge in [-0.3, -0.25) is 5.84 Å². The predicted molar refractivity (Wildman–Crippen MR) is 45.6 cm³/mol. The molecule has 0 unspecified atom stereocenters. The van der Waals surface area contributed by atoms with Crippen LogP contribution in [-0.4, -0.2) is 11.1 Å². The maximum Gasteiger partial charge on any atom is 0.337 e. The van der Waals surface area contributed by atoms with Gasteiger partial charge in [-0.25, -0.2) is 4.79 Å². The number of benzene rings is 1. The molecule has 0 aliphatic carbocycles. The molecule has 0 fully saturated rings. The summed E-state index contributed by atoms with van der Waals surface area (Å²) in [5.41, 5.74) is 8.46. The van der Waals surface area contributed by atoms with Crippen LogP contribution in [0.1, 0.15) is 10.4 Å². The van der Waals surface area contributed by atoms with Gasteiger partial charge in [0.2, 0.25) is 0 Å². The molecule has 0 saturated carbocycles. The van der Waals surface area contributed by atoms with Crippen LogP contribution in [0.25, 0.3) is 0 Å². The van der Waals surface area contributed by atoms with Crippen molar-refractivity contribution in [3.8, 4) is 0 Å². The van der Waals surface area contributed by atoms with Crippen molar-refractivity contribution >= 4 is 17.3 Å². The van der Waals surface area contributed by atoms with E-state index in [1.165, 1.54) is 12.1 Å². The van der Waals surface area contributed by atoms with Crippen molar-refractivity contribution in [1.29, 1.82) is 0 Å². The van der Waals surface area contributed by atoms with Gasteiger partial charge in [-0.1, -0.05) is 0 Å². The molecule has 0 amide bonds. The predicted octanol–water partition coefficient (Wildman–Crippen LogP) is 0.253. The second kappa shape index (κ2) is 3.10. The Balaban J connectivity index is 3.21. The van der Waals surface area contributed by atoms with Crippen LogP contribution in [0.15, 0.2) is 18.2 Å². The van der Waals surface area contributed by atoms with Gasteiger partial charge in [-0.15, -0.1) is 0 Å². The van der Waals surface area contributed by atoms with E-state index in [0.29, 0.717) is 11.4 Å². The van der Waals surface area contributed by atoms with Gasteiger partial charge in [0.15, 0.2) is 0 Å². The molecule has 0 aliphatic heterocycles. The lowest BCUT2D eigenvalue weighted by atomic mass is 10.1. The molecule has 6 N–H and O–H groups in total. The Morgan fingerprint density at radius 2 is 2.17 bits per heavy atom. The number of carbonyl (C=O) groups is 1. The summed E-state index contributed by atoms with van der Waals surface area (Å²) in [5.74, 6) is 4.02. The fourth-order valence-corrected chi connectivity index (χ4v) is 0.865. The summed E-state index contributed by atoms with van der Waals surface area (Å²) < 4.78 is 0. The molecule has 0 atom stereocenters. The van der Waals surface area contributed by atoms with Crippen LogP contribution in [0.2, 0.25) is 0 Å². The topological polar surface area (TPSA) is 101 Å². The van der Waals surface area contributed by atoms with Crippen LogP contribution < -0.4 is 17.0 Å². The first-order chi connectivity index (χ1) is 5.65. The smallest absolute Gasteiger partial charge is 0.337 e. The number of hydrazine groups is 1. The van der Waals surface area contributed by atoms with Crippen LogP contribution >= 0.6 is 0 Å². The van der Waals surface area contributed by atoms with E-state index in [0.717, 1.165) is 0 Å².